The van der Waals surface area contributed by atoms with Crippen molar-refractivity contribution in [2.24, 2.45) is 5.92 Å². The summed E-state index contributed by atoms with van der Waals surface area (Å²) < 4.78 is 21.4. The van der Waals surface area contributed by atoms with Crippen molar-refractivity contribution >= 4 is 20.3 Å². The van der Waals surface area contributed by atoms with Gasteiger partial charge >= 0.3 is 11.9 Å². The van der Waals surface area contributed by atoms with Gasteiger partial charge in [0, 0.05) is 0 Å². The molecule has 0 bridgehead atoms. The quantitative estimate of drug-likeness (QED) is 0.574. The highest BCUT2D eigenvalue weighted by Gasteiger charge is 2.65. The van der Waals surface area contributed by atoms with Crippen LogP contribution in [0.25, 0.3) is 0 Å². The summed E-state index contributed by atoms with van der Waals surface area (Å²) in [4.78, 5) is 23.9. The summed E-state index contributed by atoms with van der Waals surface area (Å²) in [5.74, 6) is -2.49. The molecule has 0 aromatic rings. The van der Waals surface area contributed by atoms with Crippen LogP contribution in [0.15, 0.2) is 11.1 Å². The van der Waals surface area contributed by atoms with Gasteiger partial charge in [-0.1, -0.05) is 0 Å². The Labute approximate surface area is 119 Å². The Kier molecular flexibility index (Phi) is 3.79. The number of methoxy groups -OCH3 is 2. The van der Waals surface area contributed by atoms with Crippen molar-refractivity contribution in [1.29, 1.82) is 0 Å². The molecule has 0 radical (unpaired) electrons. The van der Waals surface area contributed by atoms with Crippen LogP contribution in [0.2, 0.25) is 19.6 Å². The van der Waals surface area contributed by atoms with E-state index in [-0.39, 0.29) is 11.5 Å². The zero-order valence-electron chi connectivity index (χ0n) is 12.4. The SMILES string of the molecule is COC(=O)C1=C(C(=O)OC)[C@@]2(O[Si](C)(C)C)OCC[C@@H]12. The third-order valence-electron chi connectivity index (χ3n) is 3.40. The lowest BCUT2D eigenvalue weighted by atomic mass is 9.71. The molecule has 0 spiro atoms. The summed E-state index contributed by atoms with van der Waals surface area (Å²) in [6.07, 6.45) is 0.634. The molecule has 1 saturated heterocycles. The zero-order chi connectivity index (χ0) is 15.1. The Morgan fingerprint density at radius 2 is 1.80 bits per heavy atom. The Morgan fingerprint density at radius 3 is 2.30 bits per heavy atom. The van der Waals surface area contributed by atoms with E-state index in [9.17, 15) is 9.59 Å². The van der Waals surface area contributed by atoms with E-state index in [1.165, 1.54) is 14.2 Å². The van der Waals surface area contributed by atoms with Crippen LogP contribution >= 0.6 is 0 Å². The van der Waals surface area contributed by atoms with Crippen molar-refractivity contribution in [1.82, 2.24) is 0 Å². The summed E-state index contributed by atoms with van der Waals surface area (Å²) in [6, 6.07) is 0. The van der Waals surface area contributed by atoms with Gasteiger partial charge in [-0.15, -0.1) is 0 Å². The second-order valence-electron chi connectivity index (χ2n) is 5.84. The molecule has 20 heavy (non-hydrogen) atoms. The number of ether oxygens (including phenoxy) is 3. The van der Waals surface area contributed by atoms with Crippen LogP contribution in [0.5, 0.6) is 0 Å². The van der Waals surface area contributed by atoms with Crippen molar-refractivity contribution in [2.75, 3.05) is 20.8 Å². The van der Waals surface area contributed by atoms with Crippen LogP contribution in [-0.2, 0) is 28.2 Å². The molecule has 0 aromatic carbocycles. The fraction of sp³-hybridized carbons (Fsp3) is 0.692. The van der Waals surface area contributed by atoms with Crippen LogP contribution in [0.1, 0.15) is 6.42 Å². The highest BCUT2D eigenvalue weighted by atomic mass is 28.4. The van der Waals surface area contributed by atoms with Crippen molar-refractivity contribution in [3.63, 3.8) is 0 Å². The number of hydrogen-bond donors (Lipinski definition) is 0. The molecule has 0 saturated carbocycles. The largest absolute Gasteiger partial charge is 0.466 e. The van der Waals surface area contributed by atoms with Gasteiger partial charge < -0.3 is 18.6 Å². The molecule has 1 aliphatic carbocycles. The summed E-state index contributed by atoms with van der Waals surface area (Å²) in [5.41, 5.74) is 0.492. The fourth-order valence-electron chi connectivity index (χ4n) is 2.80. The standard InChI is InChI=1S/C13H20O6Si/c1-16-11(14)9-8-6-7-18-13(8,19-20(3,4)5)10(9)12(15)17-2/h8H,6-7H2,1-5H3/t8-,13+/m0/s1. The summed E-state index contributed by atoms with van der Waals surface area (Å²) in [6.45, 7) is 6.46. The maximum absolute atomic E-state index is 12.0. The lowest BCUT2D eigenvalue weighted by Crippen LogP contribution is -2.58. The normalized spacial score (nSPS) is 28.8. The molecule has 2 atom stereocenters. The van der Waals surface area contributed by atoms with E-state index in [1.807, 2.05) is 19.6 Å². The molecule has 6 nitrogen and oxygen atoms in total. The Bertz CT molecular complexity index is 478. The predicted octanol–water partition coefficient (Wildman–Crippen LogP) is 1.23. The molecular weight excluding hydrogens is 280 g/mol. The molecule has 2 aliphatic rings. The number of carbonyl (C=O) groups excluding carboxylic acids is 2. The zero-order valence-corrected chi connectivity index (χ0v) is 13.4. The Hall–Kier alpha value is -1.18. The summed E-state index contributed by atoms with van der Waals surface area (Å²) in [7, 11) is 0.584. The highest BCUT2D eigenvalue weighted by molar-refractivity contribution is 6.69. The lowest BCUT2D eigenvalue weighted by molar-refractivity contribution is -0.180. The van der Waals surface area contributed by atoms with E-state index in [1.54, 1.807) is 0 Å². The van der Waals surface area contributed by atoms with E-state index < -0.39 is 26.0 Å². The van der Waals surface area contributed by atoms with Crippen LogP contribution < -0.4 is 0 Å². The molecule has 0 unspecified atom stereocenters. The molecule has 0 aromatic heterocycles. The van der Waals surface area contributed by atoms with Crippen molar-refractivity contribution in [2.45, 2.75) is 31.8 Å². The second-order valence-corrected chi connectivity index (χ2v) is 10.3. The van der Waals surface area contributed by atoms with Crippen LogP contribution in [0.4, 0.5) is 0 Å². The Balaban J connectivity index is 2.47. The number of esters is 2. The first-order valence-corrected chi connectivity index (χ1v) is 9.93. The maximum Gasteiger partial charge on any atom is 0.339 e. The number of hydrogen-bond acceptors (Lipinski definition) is 6. The minimum absolute atomic E-state index is 0.164. The van der Waals surface area contributed by atoms with Gasteiger partial charge in [0.05, 0.1) is 32.3 Å². The van der Waals surface area contributed by atoms with E-state index in [0.717, 1.165) is 0 Å². The van der Waals surface area contributed by atoms with E-state index in [4.69, 9.17) is 18.6 Å². The summed E-state index contributed by atoms with van der Waals surface area (Å²) in [5, 5.41) is 0. The molecule has 7 heteroatoms. The molecular formula is C13H20O6Si. The van der Waals surface area contributed by atoms with E-state index >= 15 is 0 Å². The van der Waals surface area contributed by atoms with Gasteiger partial charge in [-0.3, -0.25) is 0 Å². The molecule has 2 rings (SSSR count). The van der Waals surface area contributed by atoms with Gasteiger partial charge in [-0.2, -0.15) is 0 Å². The first-order chi connectivity index (χ1) is 9.27. The third-order valence-corrected chi connectivity index (χ3v) is 4.32. The van der Waals surface area contributed by atoms with E-state index in [0.29, 0.717) is 18.6 Å². The monoisotopic (exact) mass is 300 g/mol. The lowest BCUT2D eigenvalue weighted by Gasteiger charge is -2.47. The highest BCUT2D eigenvalue weighted by Crippen LogP contribution is 2.55. The topological polar surface area (TPSA) is 71.1 Å². The average Bonchev–Trinajstić information content (AvgIpc) is 2.67. The number of rotatable bonds is 4. The first kappa shape index (κ1) is 15.2. The Morgan fingerprint density at radius 1 is 1.20 bits per heavy atom. The number of fused-ring (bicyclic) bond motifs is 1. The van der Waals surface area contributed by atoms with Crippen molar-refractivity contribution < 1.29 is 28.2 Å². The second kappa shape index (κ2) is 4.98. The van der Waals surface area contributed by atoms with Crippen molar-refractivity contribution in [3.8, 4) is 0 Å². The predicted molar refractivity (Wildman–Crippen MR) is 72.3 cm³/mol. The fourth-order valence-corrected chi connectivity index (χ4v) is 4.01. The van der Waals surface area contributed by atoms with Gasteiger partial charge in [0.1, 0.15) is 5.57 Å². The van der Waals surface area contributed by atoms with Gasteiger partial charge in [-0.05, 0) is 26.1 Å². The average molecular weight is 300 g/mol. The van der Waals surface area contributed by atoms with Crippen LogP contribution in [-0.4, -0.2) is 46.9 Å². The van der Waals surface area contributed by atoms with Crippen LogP contribution in [0, 0.1) is 5.92 Å². The van der Waals surface area contributed by atoms with E-state index in [2.05, 4.69) is 0 Å². The minimum atomic E-state index is -1.98. The van der Waals surface area contributed by atoms with Crippen molar-refractivity contribution in [3.05, 3.63) is 11.1 Å². The smallest absolute Gasteiger partial charge is 0.339 e. The van der Waals surface area contributed by atoms with Gasteiger partial charge in [0.15, 0.2) is 8.32 Å². The molecule has 0 amide bonds. The van der Waals surface area contributed by atoms with Gasteiger partial charge in [-0.25, -0.2) is 9.59 Å². The van der Waals surface area contributed by atoms with Gasteiger partial charge in [0.2, 0.25) is 5.79 Å². The molecule has 1 aliphatic heterocycles. The molecule has 0 N–H and O–H groups in total. The van der Waals surface area contributed by atoms with Gasteiger partial charge in [0.25, 0.3) is 0 Å². The minimum Gasteiger partial charge on any atom is -0.466 e. The summed E-state index contributed by atoms with van der Waals surface area (Å²) >= 11 is 0. The molecule has 112 valence electrons. The first-order valence-electron chi connectivity index (χ1n) is 6.52. The molecule has 1 fully saturated rings. The van der Waals surface area contributed by atoms with Crippen LogP contribution in [0.3, 0.4) is 0 Å². The maximum atomic E-state index is 12.0. The molecule has 1 heterocycles. The third kappa shape index (κ3) is 2.19. The number of carbonyl (C=O) groups is 2.